The molecule has 1 aromatic rings. The molecule has 0 amide bonds. The standard InChI is InChI=1S/C13H16N2O/c1-4-5-6-7-16-13-8-10(2)15-11(3)12(13)9-14/h4,8H,1,5-7H2,2-3H3. The van der Waals surface area contributed by atoms with Gasteiger partial charge in [-0.15, -0.1) is 6.58 Å². The number of hydrogen-bond acceptors (Lipinski definition) is 3. The number of aryl methyl sites for hydroxylation is 2. The van der Waals surface area contributed by atoms with Crippen molar-refractivity contribution in [1.29, 1.82) is 5.26 Å². The van der Waals surface area contributed by atoms with E-state index in [9.17, 15) is 0 Å². The Kier molecular flexibility index (Phi) is 4.53. The fraction of sp³-hybridized carbons (Fsp3) is 0.385. The lowest BCUT2D eigenvalue weighted by atomic mass is 10.2. The molecule has 0 aliphatic rings. The lowest BCUT2D eigenvalue weighted by molar-refractivity contribution is 0.310. The zero-order valence-corrected chi connectivity index (χ0v) is 9.79. The maximum absolute atomic E-state index is 9.01. The van der Waals surface area contributed by atoms with Gasteiger partial charge in [0.1, 0.15) is 17.4 Å². The van der Waals surface area contributed by atoms with Crippen LogP contribution in [0.4, 0.5) is 0 Å². The van der Waals surface area contributed by atoms with Crippen molar-refractivity contribution in [2.75, 3.05) is 6.61 Å². The molecule has 0 bridgehead atoms. The van der Waals surface area contributed by atoms with E-state index in [4.69, 9.17) is 10.00 Å². The van der Waals surface area contributed by atoms with Crippen molar-refractivity contribution >= 4 is 0 Å². The Bertz CT molecular complexity index is 419. The maximum Gasteiger partial charge on any atom is 0.140 e. The number of nitrogens with zero attached hydrogens (tertiary/aromatic N) is 2. The van der Waals surface area contributed by atoms with Gasteiger partial charge in [-0.25, -0.2) is 0 Å². The summed E-state index contributed by atoms with van der Waals surface area (Å²) in [5.41, 5.74) is 2.13. The van der Waals surface area contributed by atoms with Crippen molar-refractivity contribution in [1.82, 2.24) is 4.98 Å². The molecule has 0 unspecified atom stereocenters. The monoisotopic (exact) mass is 216 g/mol. The van der Waals surface area contributed by atoms with E-state index in [0.717, 1.165) is 24.2 Å². The van der Waals surface area contributed by atoms with Gasteiger partial charge in [-0.05, 0) is 26.7 Å². The predicted molar refractivity (Wildman–Crippen MR) is 63.4 cm³/mol. The first kappa shape index (κ1) is 12.3. The molecule has 1 rings (SSSR count). The van der Waals surface area contributed by atoms with E-state index < -0.39 is 0 Å². The van der Waals surface area contributed by atoms with E-state index in [0.29, 0.717) is 17.9 Å². The number of nitriles is 1. The molecule has 0 N–H and O–H groups in total. The van der Waals surface area contributed by atoms with Gasteiger partial charge in [-0.1, -0.05) is 6.08 Å². The Hall–Kier alpha value is -1.82. The molecule has 0 fully saturated rings. The number of ether oxygens (including phenoxy) is 1. The van der Waals surface area contributed by atoms with Crippen LogP contribution in [0.15, 0.2) is 18.7 Å². The van der Waals surface area contributed by atoms with E-state index in [1.807, 2.05) is 19.9 Å². The lowest BCUT2D eigenvalue weighted by Gasteiger charge is -2.09. The quantitative estimate of drug-likeness (QED) is 0.561. The van der Waals surface area contributed by atoms with Gasteiger partial charge in [0.25, 0.3) is 0 Å². The second kappa shape index (κ2) is 5.92. The topological polar surface area (TPSA) is 45.9 Å². The molecule has 1 heterocycles. The van der Waals surface area contributed by atoms with Gasteiger partial charge in [0.2, 0.25) is 0 Å². The molecule has 0 saturated carbocycles. The van der Waals surface area contributed by atoms with Crippen LogP contribution in [0.5, 0.6) is 5.75 Å². The second-order valence-corrected chi connectivity index (χ2v) is 3.61. The molecule has 0 radical (unpaired) electrons. The summed E-state index contributed by atoms with van der Waals surface area (Å²) >= 11 is 0. The van der Waals surface area contributed by atoms with Gasteiger partial charge < -0.3 is 4.74 Å². The van der Waals surface area contributed by atoms with Gasteiger partial charge in [0.15, 0.2) is 0 Å². The van der Waals surface area contributed by atoms with Gasteiger partial charge in [0, 0.05) is 11.8 Å². The number of aromatic nitrogens is 1. The Morgan fingerprint density at radius 2 is 2.31 bits per heavy atom. The van der Waals surface area contributed by atoms with Crippen molar-refractivity contribution in [3.8, 4) is 11.8 Å². The molecule has 0 saturated heterocycles. The molecule has 0 aliphatic carbocycles. The van der Waals surface area contributed by atoms with Crippen LogP contribution in [0.2, 0.25) is 0 Å². The van der Waals surface area contributed by atoms with Crippen LogP contribution in [0.25, 0.3) is 0 Å². The summed E-state index contributed by atoms with van der Waals surface area (Å²) in [5, 5.41) is 9.01. The van der Waals surface area contributed by atoms with Crippen LogP contribution in [0.3, 0.4) is 0 Å². The van der Waals surface area contributed by atoms with Crippen LogP contribution < -0.4 is 4.74 Å². The molecule has 3 nitrogen and oxygen atoms in total. The van der Waals surface area contributed by atoms with Crippen LogP contribution in [0.1, 0.15) is 29.8 Å². The molecule has 84 valence electrons. The normalized spacial score (nSPS) is 9.56. The van der Waals surface area contributed by atoms with E-state index in [2.05, 4.69) is 17.6 Å². The van der Waals surface area contributed by atoms with E-state index in [1.54, 1.807) is 6.07 Å². The number of allylic oxidation sites excluding steroid dienone is 1. The molecular formula is C13H16N2O. The second-order valence-electron chi connectivity index (χ2n) is 3.61. The molecular weight excluding hydrogens is 200 g/mol. The Morgan fingerprint density at radius 3 is 2.94 bits per heavy atom. The SMILES string of the molecule is C=CCCCOc1cc(C)nc(C)c1C#N. The molecule has 0 spiro atoms. The van der Waals surface area contributed by atoms with Crippen LogP contribution >= 0.6 is 0 Å². The summed E-state index contributed by atoms with van der Waals surface area (Å²) in [5.74, 6) is 0.636. The van der Waals surface area contributed by atoms with Gasteiger partial charge in [-0.2, -0.15) is 5.26 Å². The fourth-order valence-corrected chi connectivity index (χ4v) is 1.45. The minimum Gasteiger partial charge on any atom is -0.492 e. The average Bonchev–Trinajstić information content (AvgIpc) is 2.24. The third-order valence-corrected chi connectivity index (χ3v) is 2.21. The molecule has 3 heteroatoms. The van der Waals surface area contributed by atoms with Crippen molar-refractivity contribution in [2.24, 2.45) is 0 Å². The predicted octanol–water partition coefficient (Wildman–Crippen LogP) is 2.92. The highest BCUT2D eigenvalue weighted by Crippen LogP contribution is 2.21. The number of hydrogen-bond donors (Lipinski definition) is 0. The lowest BCUT2D eigenvalue weighted by Crippen LogP contribution is -2.02. The summed E-state index contributed by atoms with van der Waals surface area (Å²) < 4.78 is 5.58. The zero-order valence-electron chi connectivity index (χ0n) is 9.79. The molecule has 0 atom stereocenters. The maximum atomic E-state index is 9.01. The smallest absolute Gasteiger partial charge is 0.140 e. The zero-order chi connectivity index (χ0) is 12.0. The van der Waals surface area contributed by atoms with Crippen LogP contribution in [-0.4, -0.2) is 11.6 Å². The molecule has 0 aliphatic heterocycles. The number of pyridine rings is 1. The average molecular weight is 216 g/mol. The van der Waals surface area contributed by atoms with Crippen molar-refractivity contribution in [3.05, 3.63) is 35.7 Å². The van der Waals surface area contributed by atoms with Gasteiger partial charge >= 0.3 is 0 Å². The molecule has 16 heavy (non-hydrogen) atoms. The Balaban J connectivity index is 2.78. The highest BCUT2D eigenvalue weighted by Gasteiger charge is 2.08. The minimum atomic E-state index is 0.532. The van der Waals surface area contributed by atoms with Crippen molar-refractivity contribution in [2.45, 2.75) is 26.7 Å². The molecule has 0 aromatic carbocycles. The van der Waals surface area contributed by atoms with Crippen molar-refractivity contribution in [3.63, 3.8) is 0 Å². The number of unbranched alkanes of at least 4 members (excludes halogenated alkanes) is 1. The largest absolute Gasteiger partial charge is 0.492 e. The third-order valence-electron chi connectivity index (χ3n) is 2.21. The van der Waals surface area contributed by atoms with E-state index in [1.165, 1.54) is 0 Å². The summed E-state index contributed by atoms with van der Waals surface area (Å²) in [7, 11) is 0. The fourth-order valence-electron chi connectivity index (χ4n) is 1.45. The highest BCUT2D eigenvalue weighted by molar-refractivity contribution is 5.46. The van der Waals surface area contributed by atoms with Crippen LogP contribution in [-0.2, 0) is 0 Å². The first-order chi connectivity index (χ1) is 7.69. The van der Waals surface area contributed by atoms with E-state index >= 15 is 0 Å². The molecule has 1 aromatic heterocycles. The van der Waals surface area contributed by atoms with Crippen LogP contribution in [0, 0.1) is 25.2 Å². The summed E-state index contributed by atoms with van der Waals surface area (Å²) in [4.78, 5) is 4.23. The van der Waals surface area contributed by atoms with Crippen molar-refractivity contribution < 1.29 is 4.74 Å². The van der Waals surface area contributed by atoms with E-state index in [-0.39, 0.29) is 0 Å². The Labute approximate surface area is 96.4 Å². The van der Waals surface area contributed by atoms with Gasteiger partial charge in [0.05, 0.1) is 12.3 Å². The first-order valence-electron chi connectivity index (χ1n) is 5.31. The van der Waals surface area contributed by atoms with Gasteiger partial charge in [-0.3, -0.25) is 4.98 Å². The third kappa shape index (κ3) is 3.09. The first-order valence-corrected chi connectivity index (χ1v) is 5.31. The minimum absolute atomic E-state index is 0.532. The number of rotatable bonds is 5. The Morgan fingerprint density at radius 1 is 1.56 bits per heavy atom. The summed E-state index contributed by atoms with van der Waals surface area (Å²) in [6.45, 7) is 7.97. The highest BCUT2D eigenvalue weighted by atomic mass is 16.5. The summed E-state index contributed by atoms with van der Waals surface area (Å²) in [6.07, 6.45) is 3.69. The summed E-state index contributed by atoms with van der Waals surface area (Å²) in [6, 6.07) is 3.93.